The predicted molar refractivity (Wildman–Crippen MR) is 126 cm³/mol. The Balaban J connectivity index is 1.55. The number of amides is 1. The molecule has 2 aromatic carbocycles. The Hall–Kier alpha value is -2.59. The molecule has 156 valence electrons. The van der Waals surface area contributed by atoms with Gasteiger partial charge in [0.05, 0.1) is 11.1 Å². The van der Waals surface area contributed by atoms with Crippen LogP contribution in [-0.4, -0.2) is 42.6 Å². The summed E-state index contributed by atoms with van der Waals surface area (Å²) < 4.78 is 10.4. The summed E-state index contributed by atoms with van der Waals surface area (Å²) in [5, 5.41) is 4.09. The Bertz CT molecular complexity index is 1100. The highest BCUT2D eigenvalue weighted by atomic mass is 32.2. The van der Waals surface area contributed by atoms with Crippen molar-refractivity contribution < 1.29 is 9.53 Å². The number of carbonyl (C=O) groups is 1. The minimum atomic E-state index is -0.525. The van der Waals surface area contributed by atoms with Crippen LogP contribution in [0.1, 0.15) is 22.1 Å². The van der Waals surface area contributed by atoms with Crippen LogP contribution in [0, 0.1) is 0 Å². The van der Waals surface area contributed by atoms with E-state index >= 15 is 0 Å². The lowest BCUT2D eigenvalue weighted by molar-refractivity contribution is -0.140. The zero-order valence-electron chi connectivity index (χ0n) is 16.3. The molecule has 0 saturated carbocycles. The number of fused-ring (bicyclic) bond motifs is 1. The Kier molecular flexibility index (Phi) is 5.58. The largest absolute Gasteiger partial charge is 0.469 e. The third-order valence-corrected chi connectivity index (χ3v) is 7.61. The van der Waals surface area contributed by atoms with Gasteiger partial charge in [-0.25, -0.2) is 0 Å². The number of nitrogens with two attached hydrogens (primary N) is 1. The SMILES string of the molecule is N[C@@H]1C(=O)N2C(C(=S)OC(c3ccccc3)c3ccccc3)=C(c3cnns3)CS[C@H]12. The van der Waals surface area contributed by atoms with Crippen molar-refractivity contribution in [1.82, 2.24) is 14.5 Å². The average molecular weight is 467 g/mol. The van der Waals surface area contributed by atoms with Crippen LogP contribution in [-0.2, 0) is 9.53 Å². The molecule has 2 N–H and O–H groups in total. The van der Waals surface area contributed by atoms with Gasteiger partial charge in [0.15, 0.2) is 0 Å². The molecule has 0 aliphatic carbocycles. The number of hydrogen-bond acceptors (Lipinski definition) is 8. The summed E-state index contributed by atoms with van der Waals surface area (Å²) in [6.45, 7) is 0. The summed E-state index contributed by atoms with van der Waals surface area (Å²) in [5.41, 5.74) is 9.51. The first-order valence-corrected chi connectivity index (χ1v) is 11.9. The van der Waals surface area contributed by atoms with E-state index in [0.717, 1.165) is 21.6 Å². The molecule has 0 radical (unpaired) electrons. The maximum atomic E-state index is 12.7. The van der Waals surface area contributed by atoms with E-state index in [0.29, 0.717) is 11.4 Å². The van der Waals surface area contributed by atoms with Gasteiger partial charge >= 0.3 is 0 Å². The zero-order chi connectivity index (χ0) is 21.4. The highest BCUT2D eigenvalue weighted by Gasteiger charge is 2.51. The van der Waals surface area contributed by atoms with Crippen LogP contribution in [0.2, 0.25) is 0 Å². The molecular weight excluding hydrogens is 448 g/mol. The molecule has 0 unspecified atom stereocenters. The number of hydrogen-bond donors (Lipinski definition) is 1. The third-order valence-electron chi connectivity index (χ3n) is 5.29. The van der Waals surface area contributed by atoms with Crippen molar-refractivity contribution in [3.05, 3.63) is 88.6 Å². The Morgan fingerprint density at radius 2 is 1.77 bits per heavy atom. The van der Waals surface area contributed by atoms with Crippen LogP contribution in [0.4, 0.5) is 0 Å². The lowest BCUT2D eigenvalue weighted by Gasteiger charge is -2.49. The highest BCUT2D eigenvalue weighted by Crippen LogP contribution is 2.44. The van der Waals surface area contributed by atoms with Gasteiger partial charge in [-0.2, -0.15) is 0 Å². The smallest absolute Gasteiger partial charge is 0.248 e. The number of thioether (sulfide) groups is 1. The van der Waals surface area contributed by atoms with E-state index in [2.05, 4.69) is 9.59 Å². The lowest BCUT2D eigenvalue weighted by atomic mass is 10.0. The summed E-state index contributed by atoms with van der Waals surface area (Å²) >= 11 is 8.69. The lowest BCUT2D eigenvalue weighted by Crippen LogP contribution is -2.68. The van der Waals surface area contributed by atoms with Crippen LogP contribution < -0.4 is 5.73 Å². The topological polar surface area (TPSA) is 81.3 Å². The van der Waals surface area contributed by atoms with E-state index in [-0.39, 0.29) is 16.3 Å². The molecule has 3 heterocycles. The maximum absolute atomic E-state index is 12.7. The van der Waals surface area contributed by atoms with Crippen molar-refractivity contribution in [2.24, 2.45) is 5.73 Å². The van der Waals surface area contributed by atoms with Crippen LogP contribution in [0.15, 0.2) is 72.6 Å². The van der Waals surface area contributed by atoms with Crippen molar-refractivity contribution in [3.63, 3.8) is 0 Å². The van der Waals surface area contributed by atoms with Crippen molar-refractivity contribution in [2.75, 3.05) is 5.75 Å². The molecule has 3 aromatic rings. The Morgan fingerprint density at radius 3 is 2.35 bits per heavy atom. The number of nitrogens with zero attached hydrogens (tertiary/aromatic N) is 3. The molecule has 0 spiro atoms. The van der Waals surface area contributed by atoms with Gasteiger partial charge in [-0.3, -0.25) is 9.69 Å². The molecule has 1 amide bonds. The molecule has 1 saturated heterocycles. The van der Waals surface area contributed by atoms with Gasteiger partial charge < -0.3 is 10.5 Å². The third kappa shape index (κ3) is 3.67. The van der Waals surface area contributed by atoms with E-state index in [1.54, 1.807) is 22.9 Å². The maximum Gasteiger partial charge on any atom is 0.248 e. The minimum Gasteiger partial charge on any atom is -0.469 e. The summed E-state index contributed by atoms with van der Waals surface area (Å²) in [7, 11) is 0. The second kappa shape index (κ2) is 8.51. The molecule has 1 fully saturated rings. The highest BCUT2D eigenvalue weighted by molar-refractivity contribution is 8.00. The zero-order valence-corrected chi connectivity index (χ0v) is 18.7. The normalized spacial score (nSPS) is 20.5. The Morgan fingerprint density at radius 1 is 1.13 bits per heavy atom. The fourth-order valence-electron chi connectivity index (χ4n) is 3.74. The van der Waals surface area contributed by atoms with Crippen molar-refractivity contribution >= 4 is 52.0 Å². The van der Waals surface area contributed by atoms with Gasteiger partial charge in [0, 0.05) is 11.3 Å². The van der Waals surface area contributed by atoms with Crippen molar-refractivity contribution in [1.29, 1.82) is 0 Å². The van der Waals surface area contributed by atoms with Gasteiger partial charge in [0.1, 0.15) is 23.2 Å². The Labute approximate surface area is 193 Å². The molecule has 6 nitrogen and oxygen atoms in total. The quantitative estimate of drug-likeness (QED) is 0.454. The number of benzene rings is 2. The number of ether oxygens (including phenoxy) is 1. The molecule has 2 atom stereocenters. The van der Waals surface area contributed by atoms with Gasteiger partial charge in [-0.1, -0.05) is 65.2 Å². The number of rotatable bonds is 5. The fraction of sp³-hybridized carbons (Fsp3) is 0.182. The predicted octanol–water partition coefficient (Wildman–Crippen LogP) is 3.63. The van der Waals surface area contributed by atoms with Crippen molar-refractivity contribution in [3.8, 4) is 0 Å². The second-order valence-electron chi connectivity index (χ2n) is 7.15. The number of β-lactam (4-membered cyclic amide) rings is 1. The monoisotopic (exact) mass is 466 g/mol. The summed E-state index contributed by atoms with van der Waals surface area (Å²) in [5.74, 6) is 0.510. The summed E-state index contributed by atoms with van der Waals surface area (Å²) in [4.78, 5) is 15.2. The average Bonchev–Trinajstić information content (AvgIpc) is 3.37. The van der Waals surface area contributed by atoms with Crippen LogP contribution >= 0.6 is 35.5 Å². The van der Waals surface area contributed by atoms with E-state index in [1.807, 2.05) is 60.7 Å². The van der Waals surface area contributed by atoms with E-state index in [1.165, 1.54) is 11.5 Å². The standard InChI is InChI=1S/C22H18N4O2S3/c23-17-20(27)26-18(15(12-30-21(17)26)16-11-24-25-31-16)22(29)28-19(13-7-3-1-4-8-13)14-9-5-2-6-10-14/h1-11,17,19,21H,12,23H2/t17-,21-/m1/s1. The van der Waals surface area contributed by atoms with Crippen LogP contribution in [0.3, 0.4) is 0 Å². The van der Waals surface area contributed by atoms with E-state index in [9.17, 15) is 4.79 Å². The summed E-state index contributed by atoms with van der Waals surface area (Å²) in [6.07, 6.45) is 1.29. The molecular formula is C22H18N4O2S3. The molecule has 5 rings (SSSR count). The van der Waals surface area contributed by atoms with Gasteiger partial charge in [0.2, 0.25) is 11.0 Å². The molecule has 31 heavy (non-hydrogen) atoms. The first-order valence-electron chi connectivity index (χ1n) is 9.67. The summed E-state index contributed by atoms with van der Waals surface area (Å²) in [6, 6.07) is 19.3. The van der Waals surface area contributed by atoms with Crippen molar-refractivity contribution in [2.45, 2.75) is 17.5 Å². The fourth-order valence-corrected chi connectivity index (χ4v) is 6.02. The molecule has 1 aromatic heterocycles. The van der Waals surface area contributed by atoms with Crippen LogP contribution in [0.25, 0.3) is 5.57 Å². The van der Waals surface area contributed by atoms with Gasteiger partial charge in [0.25, 0.3) is 0 Å². The minimum absolute atomic E-state index is 0.138. The number of thiocarbonyl (C=S) groups is 1. The van der Waals surface area contributed by atoms with E-state index < -0.39 is 12.1 Å². The molecule has 9 heteroatoms. The van der Waals surface area contributed by atoms with Crippen LogP contribution in [0.5, 0.6) is 0 Å². The first-order chi connectivity index (χ1) is 15.1. The molecule has 2 aliphatic heterocycles. The second-order valence-corrected chi connectivity index (χ2v) is 9.41. The van der Waals surface area contributed by atoms with Gasteiger partial charge in [-0.05, 0) is 34.9 Å². The number of aromatic nitrogens is 2. The molecule has 2 aliphatic rings. The van der Waals surface area contributed by atoms with E-state index in [4.69, 9.17) is 22.7 Å². The van der Waals surface area contributed by atoms with Gasteiger partial charge in [-0.15, -0.1) is 16.9 Å². The molecule has 0 bridgehead atoms. The first kappa shape index (κ1) is 20.3. The number of carbonyl (C=O) groups excluding carboxylic acids is 1.